The molecule has 1 aromatic carbocycles. The minimum Gasteiger partial charge on any atom is -0.497 e. The van der Waals surface area contributed by atoms with Gasteiger partial charge in [0.25, 0.3) is 0 Å². The molecule has 1 aliphatic rings. The maximum Gasteiger partial charge on any atom is 0.543 e. The Kier molecular flexibility index (Phi) is 7.26. The van der Waals surface area contributed by atoms with Crippen LogP contribution in [0.25, 0.3) is 0 Å². The fraction of sp³-hybridized carbons (Fsp3) is 0.579. The molecule has 2 rings (SSSR count). The van der Waals surface area contributed by atoms with Crippen molar-refractivity contribution in [3.8, 4) is 5.75 Å². The monoisotopic (exact) mass is 366 g/mol. The zero-order valence-corrected chi connectivity index (χ0v) is 15.6. The van der Waals surface area contributed by atoms with Crippen molar-refractivity contribution in [2.75, 3.05) is 7.11 Å². The number of ether oxygens (including phenoxy) is 2. The van der Waals surface area contributed by atoms with Gasteiger partial charge in [0.15, 0.2) is 0 Å². The molecule has 0 amide bonds. The third-order valence-corrected chi connectivity index (χ3v) is 4.73. The summed E-state index contributed by atoms with van der Waals surface area (Å²) in [7, 11) is 1.48. The first-order valence-corrected chi connectivity index (χ1v) is 8.81. The summed E-state index contributed by atoms with van der Waals surface area (Å²) in [6.07, 6.45) is 1.65. The number of methoxy groups -OCH3 is 1. The van der Waals surface area contributed by atoms with E-state index in [0.29, 0.717) is 17.6 Å². The van der Waals surface area contributed by atoms with E-state index in [0.717, 1.165) is 19.3 Å². The number of carbonyl (C=O) groups is 2. The van der Waals surface area contributed by atoms with E-state index < -0.39 is 12.1 Å². The standard InChI is InChI=1S/C19H26O7/c1-12(2)16-9-8-13(3)10-17(16)23-19(21)25-26-24-18(20)14-6-5-7-15(11-14)22-4/h5-7,11-13,16-17H,8-10H2,1-4H3. The van der Waals surface area contributed by atoms with Gasteiger partial charge in [0.2, 0.25) is 0 Å². The van der Waals surface area contributed by atoms with Crippen molar-refractivity contribution in [2.45, 2.75) is 46.1 Å². The highest BCUT2D eigenvalue weighted by atomic mass is 17.5. The van der Waals surface area contributed by atoms with Gasteiger partial charge in [-0.05, 0) is 48.8 Å². The van der Waals surface area contributed by atoms with Crippen LogP contribution in [-0.2, 0) is 19.6 Å². The fourth-order valence-electron chi connectivity index (χ4n) is 3.27. The molecule has 0 saturated heterocycles. The number of hydrogen-bond donors (Lipinski definition) is 0. The molecule has 144 valence electrons. The lowest BCUT2D eigenvalue weighted by atomic mass is 9.75. The quantitative estimate of drug-likeness (QED) is 0.421. The fourth-order valence-corrected chi connectivity index (χ4v) is 3.27. The molecular weight excluding hydrogens is 340 g/mol. The third kappa shape index (κ3) is 5.62. The van der Waals surface area contributed by atoms with Gasteiger partial charge in [0.1, 0.15) is 11.9 Å². The minimum atomic E-state index is -1.02. The van der Waals surface area contributed by atoms with Crippen LogP contribution in [0.15, 0.2) is 24.3 Å². The number of benzene rings is 1. The second kappa shape index (κ2) is 9.43. The maximum atomic E-state index is 11.8. The average molecular weight is 366 g/mol. The van der Waals surface area contributed by atoms with E-state index in [1.165, 1.54) is 19.2 Å². The molecule has 0 radical (unpaired) electrons. The van der Waals surface area contributed by atoms with Crippen molar-refractivity contribution < 1.29 is 33.9 Å². The zero-order chi connectivity index (χ0) is 19.1. The van der Waals surface area contributed by atoms with Gasteiger partial charge in [0.05, 0.1) is 17.7 Å². The smallest absolute Gasteiger partial charge is 0.497 e. The van der Waals surface area contributed by atoms with Crippen molar-refractivity contribution in [2.24, 2.45) is 17.8 Å². The Hall–Kier alpha value is -2.28. The molecule has 0 aliphatic heterocycles. The summed E-state index contributed by atoms with van der Waals surface area (Å²) < 4.78 is 10.4. The molecule has 7 nitrogen and oxygen atoms in total. The molecule has 0 aromatic heterocycles. The average Bonchev–Trinajstić information content (AvgIpc) is 2.61. The third-order valence-electron chi connectivity index (χ3n) is 4.73. The largest absolute Gasteiger partial charge is 0.543 e. The Balaban J connectivity index is 1.79. The van der Waals surface area contributed by atoms with Crippen LogP contribution in [-0.4, -0.2) is 25.3 Å². The molecule has 0 heterocycles. The van der Waals surface area contributed by atoms with Crippen LogP contribution < -0.4 is 4.74 Å². The molecule has 1 aliphatic carbocycles. The van der Waals surface area contributed by atoms with E-state index in [1.54, 1.807) is 12.1 Å². The Morgan fingerprint density at radius 1 is 1.15 bits per heavy atom. The predicted octanol–water partition coefficient (Wildman–Crippen LogP) is 4.31. The Morgan fingerprint density at radius 2 is 1.92 bits per heavy atom. The van der Waals surface area contributed by atoms with Crippen LogP contribution >= 0.6 is 0 Å². The zero-order valence-electron chi connectivity index (χ0n) is 15.6. The summed E-state index contributed by atoms with van der Waals surface area (Å²) in [5.74, 6) is 0.828. The van der Waals surface area contributed by atoms with Crippen molar-refractivity contribution in [1.82, 2.24) is 0 Å². The van der Waals surface area contributed by atoms with Gasteiger partial charge in [-0.1, -0.05) is 33.3 Å². The van der Waals surface area contributed by atoms with Crippen LogP contribution in [0.5, 0.6) is 5.75 Å². The summed E-state index contributed by atoms with van der Waals surface area (Å²) in [6, 6.07) is 6.30. The van der Waals surface area contributed by atoms with Crippen LogP contribution in [0.2, 0.25) is 0 Å². The lowest BCUT2D eigenvalue weighted by molar-refractivity contribution is -0.453. The second-order valence-corrected chi connectivity index (χ2v) is 6.99. The van der Waals surface area contributed by atoms with Crippen LogP contribution in [0.3, 0.4) is 0 Å². The molecule has 0 spiro atoms. The first-order valence-electron chi connectivity index (χ1n) is 8.81. The highest BCUT2D eigenvalue weighted by Gasteiger charge is 2.34. The molecule has 3 unspecified atom stereocenters. The molecular formula is C19H26O7. The van der Waals surface area contributed by atoms with Gasteiger partial charge < -0.3 is 9.47 Å². The van der Waals surface area contributed by atoms with Gasteiger partial charge in [-0.25, -0.2) is 14.5 Å². The maximum absolute atomic E-state index is 11.8. The van der Waals surface area contributed by atoms with E-state index >= 15 is 0 Å². The van der Waals surface area contributed by atoms with E-state index in [1.807, 2.05) is 0 Å². The Bertz CT molecular complexity index is 614. The molecule has 7 heteroatoms. The highest BCUT2D eigenvalue weighted by Crippen LogP contribution is 2.35. The Morgan fingerprint density at radius 3 is 2.62 bits per heavy atom. The normalized spacial score (nSPS) is 22.6. The SMILES string of the molecule is COc1cccc(C(=O)OOOC(=O)OC2CC(C)CCC2C(C)C)c1. The molecule has 26 heavy (non-hydrogen) atoms. The van der Waals surface area contributed by atoms with E-state index in [2.05, 4.69) is 35.6 Å². The Labute approximate surface area is 153 Å². The molecule has 0 N–H and O–H groups in total. The molecule has 1 saturated carbocycles. The lowest BCUT2D eigenvalue weighted by Crippen LogP contribution is -2.36. The van der Waals surface area contributed by atoms with Gasteiger partial charge in [-0.2, -0.15) is 0 Å². The van der Waals surface area contributed by atoms with Crippen molar-refractivity contribution >= 4 is 12.1 Å². The molecule has 0 bridgehead atoms. The van der Waals surface area contributed by atoms with Crippen molar-refractivity contribution in [3.63, 3.8) is 0 Å². The summed E-state index contributed by atoms with van der Waals surface area (Å²) in [5, 5.41) is 4.28. The minimum absolute atomic E-state index is 0.197. The van der Waals surface area contributed by atoms with Crippen LogP contribution in [0, 0.1) is 17.8 Å². The summed E-state index contributed by atoms with van der Waals surface area (Å²) >= 11 is 0. The first kappa shape index (κ1) is 20.0. The lowest BCUT2D eigenvalue weighted by Gasteiger charge is -2.36. The predicted molar refractivity (Wildman–Crippen MR) is 92.2 cm³/mol. The van der Waals surface area contributed by atoms with Crippen molar-refractivity contribution in [1.29, 1.82) is 0 Å². The van der Waals surface area contributed by atoms with Gasteiger partial charge >= 0.3 is 12.1 Å². The van der Waals surface area contributed by atoms with Crippen molar-refractivity contribution in [3.05, 3.63) is 29.8 Å². The van der Waals surface area contributed by atoms with Crippen LogP contribution in [0.1, 0.15) is 50.4 Å². The summed E-state index contributed by atoms with van der Waals surface area (Å²) in [6.45, 7) is 6.34. The van der Waals surface area contributed by atoms with Gasteiger partial charge in [-0.3, -0.25) is 4.89 Å². The van der Waals surface area contributed by atoms with Gasteiger partial charge in [0, 0.05) is 0 Å². The molecule has 1 fully saturated rings. The van der Waals surface area contributed by atoms with E-state index in [9.17, 15) is 9.59 Å². The molecule has 1 aromatic rings. The molecule has 3 atom stereocenters. The van der Waals surface area contributed by atoms with Gasteiger partial charge in [-0.15, -0.1) is 0 Å². The topological polar surface area (TPSA) is 80.3 Å². The first-order chi connectivity index (χ1) is 12.4. The number of rotatable bonds is 6. The number of carbonyl (C=O) groups excluding carboxylic acids is 2. The summed E-state index contributed by atoms with van der Waals surface area (Å²) in [5.41, 5.74) is 0.197. The summed E-state index contributed by atoms with van der Waals surface area (Å²) in [4.78, 5) is 32.5. The number of hydrogen-bond acceptors (Lipinski definition) is 7. The van der Waals surface area contributed by atoms with Crippen LogP contribution in [0.4, 0.5) is 4.79 Å². The van der Waals surface area contributed by atoms with E-state index in [-0.39, 0.29) is 17.6 Å². The highest BCUT2D eigenvalue weighted by molar-refractivity contribution is 5.89. The van der Waals surface area contributed by atoms with E-state index in [4.69, 9.17) is 9.47 Å². The second-order valence-electron chi connectivity index (χ2n) is 6.99.